The molecule has 3 heterocycles. The predicted molar refractivity (Wildman–Crippen MR) is 104 cm³/mol. The minimum absolute atomic E-state index is 0.0480. The van der Waals surface area contributed by atoms with Crippen LogP contribution in [-0.2, 0) is 0 Å². The Morgan fingerprint density at radius 2 is 1.96 bits per heavy atom. The molecule has 6 heteroatoms. The SMILES string of the molecule is N[C@@H]1c2ccccc2OC12CCN(c1cnc(SCC3CC3)cn1)CC2. The molecule has 1 aliphatic carbocycles. The smallest absolute Gasteiger partial charge is 0.147 e. The fourth-order valence-corrected chi connectivity index (χ4v) is 4.95. The number of hydrogen-bond donors (Lipinski definition) is 1. The number of anilines is 1. The maximum Gasteiger partial charge on any atom is 0.147 e. The van der Waals surface area contributed by atoms with Gasteiger partial charge in [-0.15, -0.1) is 11.8 Å². The molecule has 2 fully saturated rings. The third-order valence-electron chi connectivity index (χ3n) is 5.85. The van der Waals surface area contributed by atoms with Gasteiger partial charge in [0.25, 0.3) is 0 Å². The summed E-state index contributed by atoms with van der Waals surface area (Å²) in [6.07, 6.45) is 8.40. The first-order chi connectivity index (χ1) is 12.7. The number of piperidine rings is 1. The molecule has 1 saturated heterocycles. The number of hydrogen-bond acceptors (Lipinski definition) is 6. The van der Waals surface area contributed by atoms with E-state index in [1.54, 1.807) is 0 Å². The molecule has 0 bridgehead atoms. The van der Waals surface area contributed by atoms with E-state index >= 15 is 0 Å². The van der Waals surface area contributed by atoms with E-state index in [1.165, 1.54) is 18.6 Å². The van der Waals surface area contributed by atoms with Crippen LogP contribution in [0.2, 0.25) is 0 Å². The Kier molecular flexibility index (Phi) is 4.05. The highest BCUT2D eigenvalue weighted by Gasteiger charge is 2.48. The summed E-state index contributed by atoms with van der Waals surface area (Å²) in [4.78, 5) is 11.5. The van der Waals surface area contributed by atoms with Crippen molar-refractivity contribution in [3.63, 3.8) is 0 Å². The summed E-state index contributed by atoms with van der Waals surface area (Å²) < 4.78 is 6.32. The molecule has 2 aliphatic heterocycles. The predicted octanol–water partition coefficient (Wildman–Crippen LogP) is 3.41. The fraction of sp³-hybridized carbons (Fsp3) is 0.500. The van der Waals surface area contributed by atoms with Crippen LogP contribution >= 0.6 is 11.8 Å². The van der Waals surface area contributed by atoms with Crippen LogP contribution in [0.1, 0.15) is 37.3 Å². The minimum atomic E-state index is -0.270. The Hall–Kier alpha value is -1.79. The first kappa shape index (κ1) is 16.4. The van der Waals surface area contributed by atoms with E-state index in [9.17, 15) is 0 Å². The zero-order chi connectivity index (χ0) is 17.6. The number of nitrogens with zero attached hydrogens (tertiary/aromatic N) is 3. The normalized spacial score (nSPS) is 23.7. The molecule has 0 unspecified atom stereocenters. The Bertz CT molecular complexity index is 785. The van der Waals surface area contributed by atoms with Crippen LogP contribution in [0.25, 0.3) is 0 Å². The van der Waals surface area contributed by atoms with E-state index in [0.29, 0.717) is 0 Å². The molecular formula is C20H24N4OS. The lowest BCUT2D eigenvalue weighted by atomic mass is 9.83. The van der Waals surface area contributed by atoms with Gasteiger partial charge in [-0.25, -0.2) is 9.97 Å². The molecule has 1 atom stereocenters. The Morgan fingerprint density at radius 3 is 2.65 bits per heavy atom. The molecular weight excluding hydrogens is 344 g/mol. The molecule has 2 aromatic rings. The van der Waals surface area contributed by atoms with Gasteiger partial charge in [0.15, 0.2) is 0 Å². The summed E-state index contributed by atoms with van der Waals surface area (Å²) in [6.45, 7) is 1.79. The number of thioether (sulfide) groups is 1. The summed E-state index contributed by atoms with van der Waals surface area (Å²) in [5.74, 6) is 3.99. The maximum absolute atomic E-state index is 6.55. The Labute approximate surface area is 158 Å². The molecule has 2 N–H and O–H groups in total. The zero-order valence-electron chi connectivity index (χ0n) is 14.8. The van der Waals surface area contributed by atoms with Crippen LogP contribution in [-0.4, -0.2) is 34.4 Å². The number of benzene rings is 1. The molecule has 1 aromatic carbocycles. The van der Waals surface area contributed by atoms with E-state index in [-0.39, 0.29) is 11.6 Å². The van der Waals surface area contributed by atoms with Crippen molar-refractivity contribution in [3.05, 3.63) is 42.2 Å². The molecule has 0 amide bonds. The monoisotopic (exact) mass is 368 g/mol. The second kappa shape index (κ2) is 6.43. The van der Waals surface area contributed by atoms with E-state index < -0.39 is 0 Å². The second-order valence-electron chi connectivity index (χ2n) is 7.64. The lowest BCUT2D eigenvalue weighted by Crippen LogP contribution is -2.51. The zero-order valence-corrected chi connectivity index (χ0v) is 15.6. The highest BCUT2D eigenvalue weighted by Crippen LogP contribution is 2.47. The van der Waals surface area contributed by atoms with Crippen LogP contribution in [0.3, 0.4) is 0 Å². The number of rotatable bonds is 4. The topological polar surface area (TPSA) is 64.3 Å². The van der Waals surface area contributed by atoms with Crippen molar-refractivity contribution >= 4 is 17.6 Å². The summed E-state index contributed by atoms with van der Waals surface area (Å²) in [5, 5.41) is 1.03. The van der Waals surface area contributed by atoms with Crippen molar-refractivity contribution < 1.29 is 4.74 Å². The molecule has 5 rings (SSSR count). The van der Waals surface area contributed by atoms with Gasteiger partial charge < -0.3 is 15.4 Å². The summed E-state index contributed by atoms with van der Waals surface area (Å²) in [6, 6.07) is 8.12. The van der Waals surface area contributed by atoms with Gasteiger partial charge in [-0.05, 0) is 24.8 Å². The van der Waals surface area contributed by atoms with Crippen molar-refractivity contribution in [1.82, 2.24) is 9.97 Å². The number of aromatic nitrogens is 2. The van der Waals surface area contributed by atoms with Gasteiger partial charge in [0.05, 0.1) is 18.4 Å². The lowest BCUT2D eigenvalue weighted by Gasteiger charge is -2.41. The molecule has 3 aliphatic rings. The summed E-state index contributed by atoms with van der Waals surface area (Å²) >= 11 is 1.83. The van der Waals surface area contributed by atoms with Crippen LogP contribution in [0.5, 0.6) is 5.75 Å². The molecule has 136 valence electrons. The summed E-state index contributed by atoms with van der Waals surface area (Å²) in [5.41, 5.74) is 7.42. The highest BCUT2D eigenvalue weighted by molar-refractivity contribution is 7.99. The van der Waals surface area contributed by atoms with Crippen molar-refractivity contribution in [1.29, 1.82) is 0 Å². The second-order valence-corrected chi connectivity index (χ2v) is 8.68. The average molecular weight is 369 g/mol. The number of fused-ring (bicyclic) bond motifs is 1. The number of para-hydroxylation sites is 1. The van der Waals surface area contributed by atoms with Gasteiger partial charge in [0, 0.05) is 37.2 Å². The van der Waals surface area contributed by atoms with E-state index in [4.69, 9.17) is 10.5 Å². The van der Waals surface area contributed by atoms with Crippen molar-refractivity contribution in [2.24, 2.45) is 11.7 Å². The lowest BCUT2D eigenvalue weighted by molar-refractivity contribution is 0.0431. The molecule has 5 nitrogen and oxygen atoms in total. The van der Waals surface area contributed by atoms with E-state index in [1.807, 2.05) is 42.4 Å². The maximum atomic E-state index is 6.55. The third kappa shape index (κ3) is 2.95. The van der Waals surface area contributed by atoms with Gasteiger partial charge in [-0.3, -0.25) is 0 Å². The third-order valence-corrected chi connectivity index (χ3v) is 6.99. The fourth-order valence-electron chi connectivity index (χ4n) is 3.96. The van der Waals surface area contributed by atoms with Gasteiger partial charge >= 0.3 is 0 Å². The number of nitrogens with two attached hydrogens (primary N) is 1. The first-order valence-electron chi connectivity index (χ1n) is 9.47. The minimum Gasteiger partial charge on any atom is -0.485 e. The summed E-state index contributed by atoms with van der Waals surface area (Å²) in [7, 11) is 0. The van der Waals surface area contributed by atoms with Gasteiger partial charge in [-0.1, -0.05) is 18.2 Å². The Balaban J connectivity index is 1.23. The molecule has 1 saturated carbocycles. The van der Waals surface area contributed by atoms with Gasteiger partial charge in [-0.2, -0.15) is 0 Å². The first-order valence-corrected chi connectivity index (χ1v) is 10.5. The average Bonchev–Trinajstić information content (AvgIpc) is 3.48. The van der Waals surface area contributed by atoms with Crippen LogP contribution in [0.15, 0.2) is 41.7 Å². The largest absolute Gasteiger partial charge is 0.485 e. The van der Waals surface area contributed by atoms with Gasteiger partial charge in [0.1, 0.15) is 22.2 Å². The molecule has 1 spiro atoms. The quantitative estimate of drug-likeness (QED) is 0.835. The van der Waals surface area contributed by atoms with Crippen molar-refractivity contribution in [2.45, 2.75) is 42.4 Å². The molecule has 1 aromatic heterocycles. The Morgan fingerprint density at radius 1 is 1.15 bits per heavy atom. The number of ether oxygens (including phenoxy) is 1. The van der Waals surface area contributed by atoms with Crippen LogP contribution in [0, 0.1) is 5.92 Å². The highest BCUT2D eigenvalue weighted by atomic mass is 32.2. The van der Waals surface area contributed by atoms with Crippen LogP contribution < -0.4 is 15.4 Å². The van der Waals surface area contributed by atoms with E-state index in [0.717, 1.165) is 54.0 Å². The molecule has 0 radical (unpaired) electrons. The van der Waals surface area contributed by atoms with Gasteiger partial charge in [0.2, 0.25) is 0 Å². The van der Waals surface area contributed by atoms with Crippen molar-refractivity contribution in [2.75, 3.05) is 23.7 Å². The van der Waals surface area contributed by atoms with Crippen LogP contribution in [0.4, 0.5) is 5.82 Å². The standard InChI is InChI=1S/C20H24N4OS/c21-19-15-3-1-2-4-16(15)25-20(19)7-9-24(10-8-20)17-11-23-18(12-22-17)26-13-14-5-6-14/h1-4,11-12,14,19H,5-10,13,21H2/t19-/m1/s1. The van der Waals surface area contributed by atoms with E-state index in [2.05, 4.69) is 20.9 Å². The van der Waals surface area contributed by atoms with Crippen molar-refractivity contribution in [3.8, 4) is 5.75 Å². The molecule has 26 heavy (non-hydrogen) atoms.